The second-order valence-corrected chi connectivity index (χ2v) is 5.09. The predicted molar refractivity (Wildman–Crippen MR) is 74.6 cm³/mol. The number of pyridine rings is 1. The van der Waals surface area contributed by atoms with Gasteiger partial charge in [0.1, 0.15) is 5.82 Å². The number of aromatic nitrogens is 1. The number of hydrogen-bond donors (Lipinski definition) is 2. The van der Waals surface area contributed by atoms with E-state index in [4.69, 9.17) is 9.84 Å². The predicted octanol–water partition coefficient (Wildman–Crippen LogP) is 1.29. The number of carboxylic acid groups (broad SMARTS) is 1. The van der Waals surface area contributed by atoms with Gasteiger partial charge in [0.25, 0.3) is 0 Å². The molecule has 1 aliphatic heterocycles. The van der Waals surface area contributed by atoms with Gasteiger partial charge in [0.2, 0.25) is 0 Å². The zero-order chi connectivity index (χ0) is 13.7. The Morgan fingerprint density at radius 2 is 2.26 bits per heavy atom. The minimum atomic E-state index is -0.979. The first-order valence-corrected chi connectivity index (χ1v) is 6.89. The van der Waals surface area contributed by atoms with Crippen LogP contribution in [-0.2, 0) is 4.74 Å². The van der Waals surface area contributed by atoms with E-state index < -0.39 is 5.97 Å². The summed E-state index contributed by atoms with van der Waals surface area (Å²) in [6, 6.07) is 1.55. The highest BCUT2D eigenvalue weighted by molar-refractivity contribution is 9.10. The van der Waals surface area contributed by atoms with Gasteiger partial charge in [-0.1, -0.05) is 0 Å². The third-order valence-electron chi connectivity index (χ3n) is 2.91. The van der Waals surface area contributed by atoms with Crippen LogP contribution in [0.3, 0.4) is 0 Å². The normalized spacial score (nSPS) is 16.3. The molecule has 1 saturated heterocycles. The van der Waals surface area contributed by atoms with Crippen LogP contribution in [-0.4, -0.2) is 60.4 Å². The summed E-state index contributed by atoms with van der Waals surface area (Å²) in [5.41, 5.74) is 0.172. The monoisotopic (exact) mass is 329 g/mol. The van der Waals surface area contributed by atoms with Crippen molar-refractivity contribution in [1.82, 2.24) is 9.88 Å². The minimum Gasteiger partial charge on any atom is -0.478 e. The number of morpholine rings is 1. The summed E-state index contributed by atoms with van der Waals surface area (Å²) in [6.45, 7) is 5.16. The van der Waals surface area contributed by atoms with Crippen LogP contribution in [0, 0.1) is 0 Å². The lowest BCUT2D eigenvalue weighted by Gasteiger charge is -2.26. The Morgan fingerprint density at radius 3 is 2.89 bits per heavy atom. The molecule has 0 saturated carbocycles. The molecule has 19 heavy (non-hydrogen) atoms. The van der Waals surface area contributed by atoms with Gasteiger partial charge in [-0.2, -0.15) is 0 Å². The summed E-state index contributed by atoms with van der Waals surface area (Å²) >= 11 is 3.32. The van der Waals surface area contributed by atoms with E-state index in [-0.39, 0.29) is 5.56 Å². The third kappa shape index (κ3) is 4.15. The van der Waals surface area contributed by atoms with Gasteiger partial charge in [0.05, 0.1) is 23.2 Å². The van der Waals surface area contributed by atoms with E-state index in [1.165, 1.54) is 6.20 Å². The molecule has 104 valence electrons. The van der Waals surface area contributed by atoms with Gasteiger partial charge >= 0.3 is 5.97 Å². The summed E-state index contributed by atoms with van der Waals surface area (Å²) in [4.78, 5) is 17.2. The molecule has 1 fully saturated rings. The Bertz CT molecular complexity index is 450. The van der Waals surface area contributed by atoms with Crippen molar-refractivity contribution in [1.29, 1.82) is 0 Å². The molecule has 0 aromatic carbocycles. The van der Waals surface area contributed by atoms with Crippen LogP contribution in [0.1, 0.15) is 10.4 Å². The summed E-state index contributed by atoms with van der Waals surface area (Å²) in [5, 5.41) is 12.0. The summed E-state index contributed by atoms with van der Waals surface area (Å²) < 4.78 is 5.94. The van der Waals surface area contributed by atoms with E-state index in [1.807, 2.05) is 0 Å². The number of carbonyl (C=O) groups is 1. The lowest BCUT2D eigenvalue weighted by Crippen LogP contribution is -2.39. The van der Waals surface area contributed by atoms with Gasteiger partial charge in [-0.25, -0.2) is 9.78 Å². The van der Waals surface area contributed by atoms with Crippen LogP contribution >= 0.6 is 15.9 Å². The fourth-order valence-electron chi connectivity index (χ4n) is 1.84. The number of anilines is 1. The van der Waals surface area contributed by atoms with Crippen molar-refractivity contribution in [3.8, 4) is 0 Å². The van der Waals surface area contributed by atoms with Gasteiger partial charge in [0, 0.05) is 32.4 Å². The first-order chi connectivity index (χ1) is 9.16. The molecule has 2 rings (SSSR count). The van der Waals surface area contributed by atoms with E-state index in [0.29, 0.717) is 10.3 Å². The molecule has 1 aromatic rings. The maximum absolute atomic E-state index is 10.8. The zero-order valence-electron chi connectivity index (χ0n) is 10.4. The van der Waals surface area contributed by atoms with Crippen molar-refractivity contribution in [2.24, 2.45) is 0 Å². The number of nitrogens with one attached hydrogen (secondary N) is 1. The fourth-order valence-corrected chi connectivity index (χ4v) is 2.33. The van der Waals surface area contributed by atoms with Gasteiger partial charge in [-0.3, -0.25) is 4.90 Å². The lowest BCUT2D eigenvalue weighted by molar-refractivity contribution is 0.0398. The van der Waals surface area contributed by atoms with E-state index in [0.717, 1.165) is 39.4 Å². The number of carboxylic acids is 1. The highest BCUT2D eigenvalue weighted by Gasteiger charge is 2.11. The summed E-state index contributed by atoms with van der Waals surface area (Å²) in [7, 11) is 0. The van der Waals surface area contributed by atoms with Gasteiger partial charge in [-0.05, 0) is 22.0 Å². The SMILES string of the molecule is O=C(O)c1cnc(NCCN2CCOCC2)c(Br)c1. The molecule has 2 N–H and O–H groups in total. The third-order valence-corrected chi connectivity index (χ3v) is 3.52. The molecule has 6 nitrogen and oxygen atoms in total. The van der Waals surface area contributed by atoms with Gasteiger partial charge in [-0.15, -0.1) is 0 Å². The number of aromatic carboxylic acids is 1. The fraction of sp³-hybridized carbons (Fsp3) is 0.500. The van der Waals surface area contributed by atoms with Crippen LogP contribution in [0.15, 0.2) is 16.7 Å². The number of rotatable bonds is 5. The van der Waals surface area contributed by atoms with Crippen LogP contribution < -0.4 is 5.32 Å². The highest BCUT2D eigenvalue weighted by Crippen LogP contribution is 2.20. The number of nitrogens with zero attached hydrogens (tertiary/aromatic N) is 2. The zero-order valence-corrected chi connectivity index (χ0v) is 12.0. The van der Waals surface area contributed by atoms with Crippen molar-refractivity contribution >= 4 is 27.7 Å². The number of halogens is 1. The Hall–Kier alpha value is -1.18. The number of hydrogen-bond acceptors (Lipinski definition) is 5. The van der Waals surface area contributed by atoms with Crippen LogP contribution in [0.5, 0.6) is 0 Å². The molecular weight excluding hydrogens is 314 g/mol. The Morgan fingerprint density at radius 1 is 1.53 bits per heavy atom. The van der Waals surface area contributed by atoms with E-state index in [9.17, 15) is 4.79 Å². The Labute approximate surface area is 119 Å². The molecule has 0 spiro atoms. The van der Waals surface area contributed by atoms with Crippen LogP contribution in [0.4, 0.5) is 5.82 Å². The van der Waals surface area contributed by atoms with Gasteiger partial charge in [0.15, 0.2) is 0 Å². The minimum absolute atomic E-state index is 0.172. The molecule has 2 heterocycles. The standard InChI is InChI=1S/C12H16BrN3O3/c13-10-7-9(12(17)18)8-15-11(10)14-1-2-16-3-5-19-6-4-16/h7-8H,1-6H2,(H,14,15)(H,17,18). The second kappa shape index (κ2) is 6.83. The van der Waals surface area contributed by atoms with Crippen molar-refractivity contribution in [2.75, 3.05) is 44.7 Å². The molecule has 0 bridgehead atoms. The van der Waals surface area contributed by atoms with Crippen molar-refractivity contribution < 1.29 is 14.6 Å². The molecule has 0 amide bonds. The quantitative estimate of drug-likeness (QED) is 0.847. The van der Waals surface area contributed by atoms with Crippen LogP contribution in [0.2, 0.25) is 0 Å². The molecule has 0 atom stereocenters. The van der Waals surface area contributed by atoms with Crippen LogP contribution in [0.25, 0.3) is 0 Å². The smallest absolute Gasteiger partial charge is 0.337 e. The van der Waals surface area contributed by atoms with E-state index in [1.54, 1.807) is 6.07 Å². The molecule has 0 aliphatic carbocycles. The average molecular weight is 330 g/mol. The Kier molecular flexibility index (Phi) is 5.12. The summed E-state index contributed by atoms with van der Waals surface area (Å²) in [5.74, 6) is -0.314. The number of ether oxygens (including phenoxy) is 1. The maximum Gasteiger partial charge on any atom is 0.337 e. The van der Waals surface area contributed by atoms with Crippen molar-refractivity contribution in [3.05, 3.63) is 22.3 Å². The second-order valence-electron chi connectivity index (χ2n) is 4.24. The molecule has 0 radical (unpaired) electrons. The highest BCUT2D eigenvalue weighted by atomic mass is 79.9. The van der Waals surface area contributed by atoms with E-state index >= 15 is 0 Å². The molecular formula is C12H16BrN3O3. The Balaban J connectivity index is 1.83. The lowest BCUT2D eigenvalue weighted by atomic mass is 10.3. The average Bonchev–Trinajstić information content (AvgIpc) is 2.41. The first-order valence-electron chi connectivity index (χ1n) is 6.09. The van der Waals surface area contributed by atoms with Crippen molar-refractivity contribution in [2.45, 2.75) is 0 Å². The topological polar surface area (TPSA) is 74.7 Å². The molecule has 0 unspecified atom stereocenters. The summed E-state index contributed by atoms with van der Waals surface area (Å²) in [6.07, 6.45) is 1.35. The van der Waals surface area contributed by atoms with Crippen molar-refractivity contribution in [3.63, 3.8) is 0 Å². The molecule has 1 aliphatic rings. The molecule has 7 heteroatoms. The largest absolute Gasteiger partial charge is 0.478 e. The first kappa shape index (κ1) is 14.2. The van der Waals surface area contributed by atoms with Gasteiger partial charge < -0.3 is 15.2 Å². The van der Waals surface area contributed by atoms with E-state index in [2.05, 4.69) is 31.1 Å². The maximum atomic E-state index is 10.8. The molecule has 1 aromatic heterocycles.